The van der Waals surface area contributed by atoms with Gasteiger partial charge in [-0.2, -0.15) is 0 Å². The molecule has 1 atom stereocenters. The van der Waals surface area contributed by atoms with Crippen molar-refractivity contribution < 1.29 is 13.5 Å². The molecular weight excluding hydrogens is 264 g/mol. The second-order valence-electron chi connectivity index (χ2n) is 4.81. The van der Waals surface area contributed by atoms with Crippen LogP contribution in [0, 0.1) is 6.92 Å². The number of piperazine rings is 1. The molecular formula is C13H19N2O3S-. The van der Waals surface area contributed by atoms with Gasteiger partial charge in [-0.1, -0.05) is 0 Å². The molecule has 6 heteroatoms. The van der Waals surface area contributed by atoms with E-state index in [1.54, 1.807) is 26.2 Å². The molecule has 1 unspecified atom stereocenters. The monoisotopic (exact) mass is 283 g/mol. The quantitative estimate of drug-likeness (QED) is 0.774. The van der Waals surface area contributed by atoms with Crippen LogP contribution in [0.4, 0.5) is 5.69 Å². The zero-order chi connectivity index (χ0) is 14.0. The molecule has 5 nitrogen and oxygen atoms in total. The Balaban J connectivity index is 2.37. The molecule has 0 aromatic heterocycles. The maximum Gasteiger partial charge on any atom is 0.142 e. The number of nitrogens with zero attached hydrogens (tertiary/aromatic N) is 2. The Morgan fingerprint density at radius 1 is 1.26 bits per heavy atom. The van der Waals surface area contributed by atoms with E-state index in [1.807, 2.05) is 0 Å². The van der Waals surface area contributed by atoms with E-state index in [2.05, 4.69) is 16.8 Å². The Morgan fingerprint density at radius 2 is 1.89 bits per heavy atom. The number of anilines is 1. The summed E-state index contributed by atoms with van der Waals surface area (Å²) in [6.07, 6.45) is 0. The number of ether oxygens (including phenoxy) is 1. The number of methoxy groups -OCH3 is 1. The minimum Gasteiger partial charge on any atom is -0.768 e. The van der Waals surface area contributed by atoms with Gasteiger partial charge in [-0.3, -0.25) is 4.21 Å². The molecule has 0 spiro atoms. The lowest BCUT2D eigenvalue weighted by Gasteiger charge is -2.35. The van der Waals surface area contributed by atoms with Gasteiger partial charge in [0.25, 0.3) is 0 Å². The summed E-state index contributed by atoms with van der Waals surface area (Å²) in [4.78, 5) is 4.77. The first-order valence-electron chi connectivity index (χ1n) is 6.24. The van der Waals surface area contributed by atoms with Crippen molar-refractivity contribution in [3.8, 4) is 5.75 Å². The molecule has 1 aliphatic heterocycles. The van der Waals surface area contributed by atoms with Crippen molar-refractivity contribution >= 4 is 16.8 Å². The predicted octanol–water partition coefficient (Wildman–Crippen LogP) is 0.993. The summed E-state index contributed by atoms with van der Waals surface area (Å²) in [5.41, 5.74) is 1.57. The van der Waals surface area contributed by atoms with Gasteiger partial charge in [0.2, 0.25) is 0 Å². The van der Waals surface area contributed by atoms with Gasteiger partial charge in [-0.05, 0) is 42.7 Å². The molecule has 106 valence electrons. The second-order valence-corrected chi connectivity index (χ2v) is 5.72. The zero-order valence-corrected chi connectivity index (χ0v) is 12.3. The molecule has 0 bridgehead atoms. The molecule has 1 aliphatic rings. The van der Waals surface area contributed by atoms with Gasteiger partial charge in [-0.15, -0.1) is 0 Å². The minimum atomic E-state index is -2.22. The summed E-state index contributed by atoms with van der Waals surface area (Å²) < 4.78 is 27.9. The fourth-order valence-corrected chi connectivity index (χ4v) is 2.82. The topological polar surface area (TPSA) is 55.8 Å². The van der Waals surface area contributed by atoms with E-state index < -0.39 is 11.1 Å². The van der Waals surface area contributed by atoms with Crippen LogP contribution in [0.25, 0.3) is 0 Å². The highest BCUT2D eigenvalue weighted by Gasteiger charge is 2.19. The smallest absolute Gasteiger partial charge is 0.142 e. The van der Waals surface area contributed by atoms with E-state index in [4.69, 9.17) is 4.74 Å². The number of benzene rings is 1. The third kappa shape index (κ3) is 3.08. The van der Waals surface area contributed by atoms with Crippen molar-refractivity contribution in [1.29, 1.82) is 0 Å². The van der Waals surface area contributed by atoms with E-state index in [-0.39, 0.29) is 0 Å². The standard InChI is InChI=1S/C13H20N2O3S/c1-10-8-12(18-3)11(9-13(10)19(16)17)15-6-4-14(2)5-7-15/h8-9H,4-7H2,1-3H3,(H,16,17)/p-1. The molecule has 0 aliphatic carbocycles. The summed E-state index contributed by atoms with van der Waals surface area (Å²) >= 11 is -2.22. The van der Waals surface area contributed by atoms with Crippen LogP contribution in [0.15, 0.2) is 17.0 Å². The van der Waals surface area contributed by atoms with Gasteiger partial charge >= 0.3 is 0 Å². The highest BCUT2D eigenvalue weighted by Crippen LogP contribution is 2.33. The van der Waals surface area contributed by atoms with Crippen LogP contribution in [0.2, 0.25) is 0 Å². The van der Waals surface area contributed by atoms with Gasteiger partial charge in [0, 0.05) is 31.1 Å². The second kappa shape index (κ2) is 5.90. The van der Waals surface area contributed by atoms with Crippen molar-refractivity contribution in [3.63, 3.8) is 0 Å². The van der Waals surface area contributed by atoms with E-state index in [9.17, 15) is 8.76 Å². The average Bonchev–Trinajstić information content (AvgIpc) is 2.39. The first-order valence-corrected chi connectivity index (χ1v) is 7.32. The third-order valence-corrected chi connectivity index (χ3v) is 4.30. The normalized spacial score (nSPS) is 18.4. The Bertz CT molecular complexity index is 485. The lowest BCUT2D eigenvalue weighted by atomic mass is 10.1. The summed E-state index contributed by atoms with van der Waals surface area (Å²) in [7, 11) is 3.70. The minimum absolute atomic E-state index is 0.342. The van der Waals surface area contributed by atoms with Crippen LogP contribution in [-0.4, -0.2) is 54.0 Å². The summed E-state index contributed by atoms with van der Waals surface area (Å²) in [6, 6.07) is 3.50. The van der Waals surface area contributed by atoms with Gasteiger partial charge in [0.1, 0.15) is 5.75 Å². The lowest BCUT2D eigenvalue weighted by Crippen LogP contribution is -2.44. The first-order chi connectivity index (χ1) is 9.02. The van der Waals surface area contributed by atoms with Gasteiger partial charge in [0.15, 0.2) is 0 Å². The van der Waals surface area contributed by atoms with Crippen LogP contribution < -0.4 is 9.64 Å². The molecule has 1 aromatic carbocycles. The number of rotatable bonds is 3. The highest BCUT2D eigenvalue weighted by molar-refractivity contribution is 7.79. The molecule has 1 aromatic rings. The molecule has 19 heavy (non-hydrogen) atoms. The van der Waals surface area contributed by atoms with Gasteiger partial charge in [0.05, 0.1) is 12.8 Å². The average molecular weight is 283 g/mol. The van der Waals surface area contributed by atoms with Crippen molar-refractivity contribution in [3.05, 3.63) is 17.7 Å². The molecule has 0 amide bonds. The SMILES string of the molecule is COc1cc(C)c(S(=O)[O-])cc1N1CCN(C)CC1. The summed E-state index contributed by atoms with van der Waals surface area (Å²) in [5, 5.41) is 0. The van der Waals surface area contributed by atoms with Crippen molar-refractivity contribution in [2.45, 2.75) is 11.8 Å². The van der Waals surface area contributed by atoms with Gasteiger partial charge in [-0.25, -0.2) is 0 Å². The van der Waals surface area contributed by atoms with Crippen LogP contribution in [0.5, 0.6) is 5.75 Å². The Morgan fingerprint density at radius 3 is 2.42 bits per heavy atom. The zero-order valence-electron chi connectivity index (χ0n) is 11.5. The Hall–Kier alpha value is -1.11. The van der Waals surface area contributed by atoms with Crippen molar-refractivity contribution in [2.24, 2.45) is 0 Å². The largest absolute Gasteiger partial charge is 0.768 e. The summed E-state index contributed by atoms with van der Waals surface area (Å²) in [5.74, 6) is 0.733. The first kappa shape index (κ1) is 14.3. The van der Waals surface area contributed by atoms with Crippen molar-refractivity contribution in [2.75, 3.05) is 45.2 Å². The molecule has 0 saturated carbocycles. The Labute approximate surface area is 116 Å². The molecule has 1 heterocycles. The molecule has 2 rings (SSSR count). The molecule has 0 radical (unpaired) electrons. The maximum atomic E-state index is 11.2. The third-order valence-electron chi connectivity index (χ3n) is 3.50. The summed E-state index contributed by atoms with van der Waals surface area (Å²) in [6.45, 7) is 5.46. The lowest BCUT2D eigenvalue weighted by molar-refractivity contribution is 0.311. The predicted molar refractivity (Wildman–Crippen MR) is 74.6 cm³/mol. The number of likely N-dealkylation sites (N-methyl/N-ethyl adjacent to an activating group) is 1. The van der Waals surface area contributed by atoms with E-state index in [0.29, 0.717) is 10.5 Å². The van der Waals surface area contributed by atoms with Crippen LogP contribution in [-0.2, 0) is 11.1 Å². The number of hydrogen-bond donors (Lipinski definition) is 0. The van der Waals surface area contributed by atoms with Crippen LogP contribution >= 0.6 is 0 Å². The number of hydrogen-bond acceptors (Lipinski definition) is 5. The molecule has 0 N–H and O–H groups in total. The van der Waals surface area contributed by atoms with Crippen molar-refractivity contribution in [1.82, 2.24) is 4.90 Å². The Kier molecular flexibility index (Phi) is 4.44. The highest BCUT2D eigenvalue weighted by atomic mass is 32.2. The fourth-order valence-electron chi connectivity index (χ4n) is 2.29. The molecule has 1 fully saturated rings. The maximum absolute atomic E-state index is 11.2. The molecule has 1 saturated heterocycles. The van der Waals surface area contributed by atoms with E-state index >= 15 is 0 Å². The van der Waals surface area contributed by atoms with Crippen LogP contribution in [0.1, 0.15) is 5.56 Å². The van der Waals surface area contributed by atoms with Gasteiger partial charge < -0.3 is 19.1 Å². The van der Waals surface area contributed by atoms with Crippen LogP contribution in [0.3, 0.4) is 0 Å². The fraction of sp³-hybridized carbons (Fsp3) is 0.538. The van der Waals surface area contributed by atoms with E-state index in [1.165, 1.54) is 0 Å². The number of aryl methyl sites for hydroxylation is 1. The van der Waals surface area contributed by atoms with E-state index in [0.717, 1.165) is 37.6 Å².